The van der Waals surface area contributed by atoms with Gasteiger partial charge >= 0.3 is 6.09 Å². The van der Waals surface area contributed by atoms with E-state index in [0.717, 1.165) is 32.1 Å². The average Bonchev–Trinajstić information content (AvgIpc) is 2.27. The number of amides is 1. The van der Waals surface area contributed by atoms with Crippen molar-refractivity contribution in [1.82, 2.24) is 5.32 Å². The van der Waals surface area contributed by atoms with E-state index in [0.29, 0.717) is 0 Å². The van der Waals surface area contributed by atoms with Gasteiger partial charge in [-0.05, 0) is 52.9 Å². The standard InChI is InChI=1S/C12H23NO3/c1-12(2,3)16-11(15)13-9-5-4-6-10(14)8-7-9/h9-10,14H,4-8H2,1-3H3,(H,13,15)/t9-,10?/m1/s1. The van der Waals surface area contributed by atoms with Crippen molar-refractivity contribution in [2.24, 2.45) is 0 Å². The largest absolute Gasteiger partial charge is 0.444 e. The van der Waals surface area contributed by atoms with Gasteiger partial charge in [-0.25, -0.2) is 4.79 Å². The van der Waals surface area contributed by atoms with Gasteiger partial charge in [0.25, 0.3) is 0 Å². The van der Waals surface area contributed by atoms with Gasteiger partial charge in [0.05, 0.1) is 6.10 Å². The van der Waals surface area contributed by atoms with Crippen LogP contribution in [0.2, 0.25) is 0 Å². The highest BCUT2D eigenvalue weighted by molar-refractivity contribution is 5.68. The van der Waals surface area contributed by atoms with Crippen molar-refractivity contribution in [2.75, 3.05) is 0 Å². The summed E-state index contributed by atoms with van der Waals surface area (Å²) in [6, 6.07) is 0.145. The second-order valence-electron chi connectivity index (χ2n) is 5.51. The monoisotopic (exact) mass is 229 g/mol. The van der Waals surface area contributed by atoms with E-state index in [1.165, 1.54) is 0 Å². The first-order valence-electron chi connectivity index (χ1n) is 6.04. The number of aliphatic hydroxyl groups excluding tert-OH is 1. The van der Waals surface area contributed by atoms with Crippen LogP contribution in [-0.2, 0) is 4.74 Å². The maximum absolute atomic E-state index is 11.5. The van der Waals surface area contributed by atoms with Crippen molar-refractivity contribution in [1.29, 1.82) is 0 Å². The summed E-state index contributed by atoms with van der Waals surface area (Å²) in [7, 11) is 0. The van der Waals surface area contributed by atoms with Gasteiger partial charge in [0.2, 0.25) is 0 Å². The van der Waals surface area contributed by atoms with Crippen LogP contribution >= 0.6 is 0 Å². The molecule has 2 atom stereocenters. The van der Waals surface area contributed by atoms with Gasteiger partial charge in [0.1, 0.15) is 5.60 Å². The van der Waals surface area contributed by atoms with E-state index < -0.39 is 5.60 Å². The second kappa shape index (κ2) is 5.53. The van der Waals surface area contributed by atoms with Gasteiger partial charge in [-0.2, -0.15) is 0 Å². The molecule has 0 radical (unpaired) electrons. The summed E-state index contributed by atoms with van der Waals surface area (Å²) < 4.78 is 5.20. The fourth-order valence-electron chi connectivity index (χ4n) is 1.90. The molecule has 0 aromatic carbocycles. The molecule has 0 aromatic rings. The van der Waals surface area contributed by atoms with Crippen LogP contribution in [0.4, 0.5) is 4.79 Å². The summed E-state index contributed by atoms with van der Waals surface area (Å²) in [5, 5.41) is 12.3. The number of alkyl carbamates (subject to hydrolysis) is 1. The predicted molar refractivity (Wildman–Crippen MR) is 62.2 cm³/mol. The second-order valence-corrected chi connectivity index (χ2v) is 5.51. The number of hydrogen-bond donors (Lipinski definition) is 2. The molecule has 0 aromatic heterocycles. The lowest BCUT2D eigenvalue weighted by molar-refractivity contribution is 0.0498. The van der Waals surface area contributed by atoms with E-state index in [2.05, 4.69) is 5.32 Å². The summed E-state index contributed by atoms with van der Waals surface area (Å²) >= 11 is 0. The normalized spacial score (nSPS) is 27.0. The third-order valence-electron chi connectivity index (χ3n) is 2.66. The highest BCUT2D eigenvalue weighted by Crippen LogP contribution is 2.18. The molecule has 0 bridgehead atoms. The van der Waals surface area contributed by atoms with E-state index in [1.807, 2.05) is 20.8 Å². The van der Waals surface area contributed by atoms with Gasteiger partial charge in [-0.3, -0.25) is 0 Å². The van der Waals surface area contributed by atoms with Crippen molar-refractivity contribution < 1.29 is 14.6 Å². The van der Waals surface area contributed by atoms with Crippen LogP contribution in [0.25, 0.3) is 0 Å². The van der Waals surface area contributed by atoms with Crippen LogP contribution < -0.4 is 5.32 Å². The van der Waals surface area contributed by atoms with Crippen molar-refractivity contribution in [2.45, 2.75) is 70.6 Å². The molecule has 0 aliphatic heterocycles. The number of nitrogens with one attached hydrogen (secondary N) is 1. The Bertz CT molecular complexity index is 235. The van der Waals surface area contributed by atoms with Gasteiger partial charge < -0.3 is 15.2 Å². The van der Waals surface area contributed by atoms with E-state index in [-0.39, 0.29) is 18.2 Å². The van der Waals surface area contributed by atoms with Crippen molar-refractivity contribution in [3.63, 3.8) is 0 Å². The van der Waals surface area contributed by atoms with E-state index in [9.17, 15) is 9.90 Å². The van der Waals surface area contributed by atoms with Crippen molar-refractivity contribution >= 4 is 6.09 Å². The zero-order valence-corrected chi connectivity index (χ0v) is 10.5. The SMILES string of the molecule is CC(C)(C)OC(=O)N[C@@H]1CCCC(O)CC1. The Balaban J connectivity index is 2.33. The Kier molecular flexibility index (Phi) is 4.59. The quantitative estimate of drug-likeness (QED) is 0.678. The smallest absolute Gasteiger partial charge is 0.407 e. The Morgan fingerprint density at radius 2 is 1.94 bits per heavy atom. The fraction of sp³-hybridized carbons (Fsp3) is 0.917. The summed E-state index contributed by atoms with van der Waals surface area (Å²) in [5.41, 5.74) is -0.450. The third-order valence-corrected chi connectivity index (χ3v) is 2.66. The minimum absolute atomic E-state index is 0.145. The maximum atomic E-state index is 11.5. The van der Waals surface area contributed by atoms with Gasteiger partial charge in [-0.15, -0.1) is 0 Å². The molecule has 94 valence electrons. The Morgan fingerprint density at radius 3 is 2.56 bits per heavy atom. The highest BCUT2D eigenvalue weighted by atomic mass is 16.6. The van der Waals surface area contributed by atoms with Crippen LogP contribution in [-0.4, -0.2) is 28.9 Å². The van der Waals surface area contributed by atoms with E-state index >= 15 is 0 Å². The zero-order chi connectivity index (χ0) is 12.2. The van der Waals surface area contributed by atoms with E-state index in [1.54, 1.807) is 0 Å². The summed E-state index contributed by atoms with van der Waals surface area (Å²) in [4.78, 5) is 11.5. The molecule has 1 unspecified atom stereocenters. The molecule has 0 heterocycles. The molecular formula is C12H23NO3. The lowest BCUT2D eigenvalue weighted by Crippen LogP contribution is -2.38. The number of rotatable bonds is 1. The van der Waals surface area contributed by atoms with Crippen molar-refractivity contribution in [3.8, 4) is 0 Å². The molecular weight excluding hydrogens is 206 g/mol. The number of aliphatic hydroxyl groups is 1. The molecule has 4 nitrogen and oxygen atoms in total. The summed E-state index contributed by atoms with van der Waals surface area (Å²) in [6.45, 7) is 5.55. The zero-order valence-electron chi connectivity index (χ0n) is 10.5. The fourth-order valence-corrected chi connectivity index (χ4v) is 1.90. The van der Waals surface area contributed by atoms with Crippen LogP contribution in [0.3, 0.4) is 0 Å². The van der Waals surface area contributed by atoms with Crippen LogP contribution in [0.5, 0.6) is 0 Å². The Hall–Kier alpha value is -0.770. The molecule has 1 aliphatic rings. The predicted octanol–water partition coefficient (Wildman–Crippen LogP) is 2.20. The summed E-state index contributed by atoms with van der Waals surface area (Å²) in [6.07, 6.45) is 3.77. The minimum Gasteiger partial charge on any atom is -0.444 e. The average molecular weight is 229 g/mol. The first-order valence-corrected chi connectivity index (χ1v) is 6.04. The van der Waals surface area contributed by atoms with Crippen LogP contribution in [0, 0.1) is 0 Å². The molecule has 0 spiro atoms. The topological polar surface area (TPSA) is 58.6 Å². The molecule has 1 aliphatic carbocycles. The molecule has 1 amide bonds. The number of carbonyl (C=O) groups excluding carboxylic acids is 1. The maximum Gasteiger partial charge on any atom is 0.407 e. The number of carbonyl (C=O) groups is 1. The Morgan fingerprint density at radius 1 is 1.25 bits per heavy atom. The molecule has 16 heavy (non-hydrogen) atoms. The molecule has 1 fully saturated rings. The third kappa shape index (κ3) is 5.35. The van der Waals surface area contributed by atoms with Gasteiger partial charge in [0, 0.05) is 6.04 Å². The van der Waals surface area contributed by atoms with Gasteiger partial charge in [0.15, 0.2) is 0 Å². The lowest BCUT2D eigenvalue weighted by Gasteiger charge is -2.22. The minimum atomic E-state index is -0.450. The first kappa shape index (κ1) is 13.3. The molecule has 1 saturated carbocycles. The van der Waals surface area contributed by atoms with Crippen LogP contribution in [0.15, 0.2) is 0 Å². The molecule has 4 heteroatoms. The lowest BCUT2D eigenvalue weighted by atomic mass is 10.1. The first-order chi connectivity index (χ1) is 7.37. The molecule has 1 rings (SSSR count). The Labute approximate surface area is 97.4 Å². The number of ether oxygens (including phenoxy) is 1. The molecule has 2 N–H and O–H groups in total. The number of hydrogen-bond acceptors (Lipinski definition) is 3. The van der Waals surface area contributed by atoms with Crippen molar-refractivity contribution in [3.05, 3.63) is 0 Å². The van der Waals surface area contributed by atoms with Gasteiger partial charge in [-0.1, -0.05) is 0 Å². The van der Waals surface area contributed by atoms with E-state index in [4.69, 9.17) is 4.74 Å². The highest BCUT2D eigenvalue weighted by Gasteiger charge is 2.22. The van der Waals surface area contributed by atoms with Crippen LogP contribution in [0.1, 0.15) is 52.9 Å². The molecule has 0 saturated heterocycles. The summed E-state index contributed by atoms with van der Waals surface area (Å²) in [5.74, 6) is 0.